The number of carboxylic acids is 1. The number of aromatic carboxylic acids is 1. The average molecular weight is 332 g/mol. The monoisotopic (exact) mass is 332 g/mol. The van der Waals surface area contributed by atoms with E-state index in [0.717, 1.165) is 30.8 Å². The first-order chi connectivity index (χ1) is 9.70. The third kappa shape index (κ3) is 3.63. The van der Waals surface area contributed by atoms with Crippen LogP contribution in [0.25, 0.3) is 0 Å². The predicted octanol–water partition coefficient (Wildman–Crippen LogP) is 1.37. The van der Waals surface area contributed by atoms with Gasteiger partial charge in [-0.05, 0) is 38.9 Å². The molecule has 118 valence electrons. The molecule has 1 fully saturated rings. The fourth-order valence-corrected chi connectivity index (χ4v) is 5.44. The van der Waals surface area contributed by atoms with E-state index in [-0.39, 0.29) is 21.7 Å². The van der Waals surface area contributed by atoms with Gasteiger partial charge in [0.25, 0.3) is 0 Å². The molecule has 0 aromatic carbocycles. The second kappa shape index (κ2) is 6.04. The third-order valence-corrected chi connectivity index (χ3v) is 6.57. The van der Waals surface area contributed by atoms with E-state index in [1.54, 1.807) is 6.92 Å². The van der Waals surface area contributed by atoms with Crippen LogP contribution in [0.1, 0.15) is 27.9 Å². The normalized spacial score (nSPS) is 24.1. The van der Waals surface area contributed by atoms with Gasteiger partial charge in [0.15, 0.2) is 0 Å². The Morgan fingerprint density at radius 2 is 2.19 bits per heavy atom. The van der Waals surface area contributed by atoms with Gasteiger partial charge < -0.3 is 10.0 Å². The Morgan fingerprint density at radius 3 is 2.71 bits per heavy atom. The summed E-state index contributed by atoms with van der Waals surface area (Å²) in [5, 5.41) is 8.97. The molecular weight excluding hydrogens is 312 g/mol. The lowest BCUT2D eigenvalue weighted by atomic mass is 9.95. The fourth-order valence-electron chi connectivity index (χ4n) is 2.63. The van der Waals surface area contributed by atoms with Crippen LogP contribution in [-0.2, 0) is 10.0 Å². The first-order valence-electron chi connectivity index (χ1n) is 6.75. The van der Waals surface area contributed by atoms with Gasteiger partial charge >= 0.3 is 5.97 Å². The number of thiophene rings is 1. The minimum Gasteiger partial charge on any atom is -0.477 e. The topological polar surface area (TPSA) is 86.7 Å². The lowest BCUT2D eigenvalue weighted by Crippen LogP contribution is -2.48. The number of carboxylic acid groups (broad SMARTS) is 1. The molecule has 0 bridgehead atoms. The highest BCUT2D eigenvalue weighted by molar-refractivity contribution is 7.89. The maximum atomic E-state index is 12.5. The van der Waals surface area contributed by atoms with Gasteiger partial charge in [-0.1, -0.05) is 6.92 Å². The molecule has 0 saturated carbocycles. The van der Waals surface area contributed by atoms with Crippen LogP contribution in [0.15, 0.2) is 11.0 Å². The molecule has 1 aromatic rings. The van der Waals surface area contributed by atoms with Gasteiger partial charge in [-0.3, -0.25) is 0 Å². The van der Waals surface area contributed by atoms with Crippen molar-refractivity contribution >= 4 is 27.3 Å². The number of sulfonamides is 1. The molecule has 0 radical (unpaired) electrons. The van der Waals surface area contributed by atoms with E-state index in [2.05, 4.69) is 9.62 Å². The second-order valence-corrected chi connectivity index (χ2v) is 8.53. The summed E-state index contributed by atoms with van der Waals surface area (Å²) >= 11 is 0.986. The Labute approximate surface area is 128 Å². The summed E-state index contributed by atoms with van der Waals surface area (Å²) in [6, 6.07) is 1.13. The number of carbonyl (C=O) groups is 1. The number of likely N-dealkylation sites (tertiary alicyclic amines) is 1. The van der Waals surface area contributed by atoms with Gasteiger partial charge in [-0.25, -0.2) is 17.9 Å². The molecule has 2 heterocycles. The molecular formula is C13H20N2O4S2. The molecule has 1 aliphatic rings. The molecule has 1 saturated heterocycles. The summed E-state index contributed by atoms with van der Waals surface area (Å²) in [5.41, 5.74) is 0. The summed E-state index contributed by atoms with van der Waals surface area (Å²) in [4.78, 5) is 13.8. The smallest absolute Gasteiger partial charge is 0.345 e. The average Bonchev–Trinajstić information content (AvgIpc) is 2.76. The molecule has 0 aliphatic carbocycles. The molecule has 6 nitrogen and oxygen atoms in total. The standard InChI is InChI=1S/C13H20N2O4S2/c1-8-7-15(3)5-4-10(8)14-21(18,19)12-6-11(13(16)17)20-9(12)2/h6,8,10,14H,4-5,7H2,1-3H3,(H,16,17). The highest BCUT2D eigenvalue weighted by Crippen LogP contribution is 2.27. The zero-order valence-corrected chi connectivity index (χ0v) is 13.9. The Balaban J connectivity index is 2.20. The molecule has 0 amide bonds. The minimum absolute atomic E-state index is 0.0456. The van der Waals surface area contributed by atoms with Crippen LogP contribution in [-0.4, -0.2) is 50.6 Å². The summed E-state index contributed by atoms with van der Waals surface area (Å²) in [6.07, 6.45) is 0.756. The molecule has 2 unspecified atom stereocenters. The lowest BCUT2D eigenvalue weighted by molar-refractivity contribution is 0.0702. The first-order valence-corrected chi connectivity index (χ1v) is 9.05. The van der Waals surface area contributed by atoms with Crippen molar-refractivity contribution in [1.29, 1.82) is 0 Å². The molecule has 8 heteroatoms. The van der Waals surface area contributed by atoms with Crippen LogP contribution in [0.5, 0.6) is 0 Å². The predicted molar refractivity (Wildman–Crippen MR) is 81.4 cm³/mol. The van der Waals surface area contributed by atoms with Crippen molar-refractivity contribution in [2.75, 3.05) is 20.1 Å². The van der Waals surface area contributed by atoms with Crippen LogP contribution in [0.4, 0.5) is 0 Å². The molecule has 2 atom stereocenters. The van der Waals surface area contributed by atoms with Gasteiger partial charge in [0.2, 0.25) is 10.0 Å². The van der Waals surface area contributed by atoms with Crippen molar-refractivity contribution < 1.29 is 18.3 Å². The Kier molecular flexibility index (Phi) is 4.72. The van der Waals surface area contributed by atoms with E-state index in [1.807, 2.05) is 14.0 Å². The van der Waals surface area contributed by atoms with Crippen molar-refractivity contribution in [3.05, 3.63) is 15.8 Å². The quantitative estimate of drug-likeness (QED) is 0.870. The Hall–Kier alpha value is -0.960. The van der Waals surface area contributed by atoms with E-state index in [4.69, 9.17) is 5.11 Å². The Bertz CT molecular complexity index is 639. The van der Waals surface area contributed by atoms with Gasteiger partial charge in [0, 0.05) is 17.5 Å². The van der Waals surface area contributed by atoms with Crippen LogP contribution in [0, 0.1) is 12.8 Å². The van der Waals surface area contributed by atoms with E-state index < -0.39 is 16.0 Å². The van der Waals surface area contributed by atoms with Crippen LogP contribution < -0.4 is 4.72 Å². The fraction of sp³-hybridized carbons (Fsp3) is 0.615. The van der Waals surface area contributed by atoms with Crippen molar-refractivity contribution in [1.82, 2.24) is 9.62 Å². The maximum Gasteiger partial charge on any atom is 0.345 e. The number of hydrogen-bond acceptors (Lipinski definition) is 5. The van der Waals surface area contributed by atoms with Crippen LogP contribution in [0.2, 0.25) is 0 Å². The summed E-state index contributed by atoms with van der Waals surface area (Å²) in [7, 11) is -1.66. The molecule has 0 spiro atoms. The molecule has 1 aromatic heterocycles. The van der Waals surface area contributed by atoms with E-state index >= 15 is 0 Å². The maximum absolute atomic E-state index is 12.5. The summed E-state index contributed by atoms with van der Waals surface area (Å²) in [5.74, 6) is -0.881. The van der Waals surface area contributed by atoms with Crippen molar-refractivity contribution in [2.24, 2.45) is 5.92 Å². The number of rotatable bonds is 4. The zero-order chi connectivity index (χ0) is 15.8. The van der Waals surface area contributed by atoms with Crippen LogP contribution >= 0.6 is 11.3 Å². The number of aryl methyl sites for hydroxylation is 1. The molecule has 1 aliphatic heterocycles. The third-order valence-electron chi connectivity index (χ3n) is 3.79. The van der Waals surface area contributed by atoms with E-state index in [9.17, 15) is 13.2 Å². The van der Waals surface area contributed by atoms with E-state index in [0.29, 0.717) is 4.88 Å². The molecule has 2 rings (SSSR count). The summed E-state index contributed by atoms with van der Waals surface area (Å²) in [6.45, 7) is 5.34. The van der Waals surface area contributed by atoms with Crippen molar-refractivity contribution in [3.8, 4) is 0 Å². The molecule has 2 N–H and O–H groups in total. The van der Waals surface area contributed by atoms with Gasteiger partial charge in [0.05, 0.1) is 4.90 Å². The van der Waals surface area contributed by atoms with Crippen LogP contribution in [0.3, 0.4) is 0 Å². The number of hydrogen-bond donors (Lipinski definition) is 2. The van der Waals surface area contributed by atoms with Gasteiger partial charge in [-0.15, -0.1) is 11.3 Å². The van der Waals surface area contributed by atoms with Gasteiger partial charge in [0.1, 0.15) is 4.88 Å². The largest absolute Gasteiger partial charge is 0.477 e. The highest BCUT2D eigenvalue weighted by Gasteiger charge is 2.30. The number of piperidine rings is 1. The van der Waals surface area contributed by atoms with E-state index in [1.165, 1.54) is 6.07 Å². The summed E-state index contributed by atoms with van der Waals surface area (Å²) < 4.78 is 27.7. The Morgan fingerprint density at radius 1 is 1.52 bits per heavy atom. The second-order valence-electron chi connectivity index (χ2n) is 5.59. The van der Waals surface area contributed by atoms with Crippen molar-refractivity contribution in [3.63, 3.8) is 0 Å². The van der Waals surface area contributed by atoms with Gasteiger partial charge in [-0.2, -0.15) is 0 Å². The minimum atomic E-state index is -3.68. The zero-order valence-electron chi connectivity index (χ0n) is 12.3. The highest BCUT2D eigenvalue weighted by atomic mass is 32.2. The first kappa shape index (κ1) is 16.4. The lowest BCUT2D eigenvalue weighted by Gasteiger charge is -2.34. The SMILES string of the molecule is Cc1sc(C(=O)O)cc1S(=O)(=O)NC1CCN(C)CC1C. The number of nitrogens with zero attached hydrogens (tertiary/aromatic N) is 1. The van der Waals surface area contributed by atoms with Crippen molar-refractivity contribution in [2.45, 2.75) is 31.2 Å². The molecule has 21 heavy (non-hydrogen) atoms. The number of nitrogens with one attached hydrogen (secondary N) is 1.